The first kappa shape index (κ1) is 19.2. The van der Waals surface area contributed by atoms with Gasteiger partial charge in [0.05, 0.1) is 26.9 Å². The van der Waals surface area contributed by atoms with Gasteiger partial charge in [-0.1, -0.05) is 18.2 Å². The molecule has 0 radical (unpaired) electrons. The van der Waals surface area contributed by atoms with Crippen LogP contribution in [0.1, 0.15) is 29.0 Å². The highest BCUT2D eigenvalue weighted by Crippen LogP contribution is 2.33. The second-order valence-electron chi connectivity index (χ2n) is 7.47. The second kappa shape index (κ2) is 9.41. The lowest BCUT2D eigenvalue weighted by Crippen LogP contribution is -2.37. The highest BCUT2D eigenvalue weighted by Gasteiger charge is 2.22. The largest absolute Gasteiger partial charge is 0.497 e. The molecule has 2 heterocycles. The number of nitrogens with one attached hydrogen (secondary N) is 1. The van der Waals surface area contributed by atoms with Crippen LogP contribution < -0.4 is 14.8 Å². The first-order valence-electron chi connectivity index (χ1n) is 10.2. The van der Waals surface area contributed by atoms with Gasteiger partial charge in [0.1, 0.15) is 11.5 Å². The van der Waals surface area contributed by atoms with Gasteiger partial charge in [0.2, 0.25) is 0 Å². The molecule has 28 heavy (non-hydrogen) atoms. The maximum atomic E-state index is 6.03. The van der Waals surface area contributed by atoms with Gasteiger partial charge in [-0.25, -0.2) is 0 Å². The van der Waals surface area contributed by atoms with Crippen LogP contribution in [0, 0.1) is 0 Å². The van der Waals surface area contributed by atoms with E-state index < -0.39 is 0 Å². The van der Waals surface area contributed by atoms with E-state index in [4.69, 9.17) is 14.2 Å². The van der Waals surface area contributed by atoms with Crippen molar-refractivity contribution in [2.75, 3.05) is 53.1 Å². The molecule has 2 aliphatic rings. The van der Waals surface area contributed by atoms with Crippen molar-refractivity contribution >= 4 is 0 Å². The summed E-state index contributed by atoms with van der Waals surface area (Å²) >= 11 is 0. The molecule has 0 bridgehead atoms. The minimum Gasteiger partial charge on any atom is -0.497 e. The number of hydrogen-bond donors (Lipinski definition) is 1. The number of morpholine rings is 1. The molecule has 150 valence electrons. The molecule has 1 N–H and O–H groups in total. The van der Waals surface area contributed by atoms with Gasteiger partial charge in [-0.2, -0.15) is 0 Å². The molecule has 5 nitrogen and oxygen atoms in total. The zero-order valence-electron chi connectivity index (χ0n) is 16.7. The second-order valence-corrected chi connectivity index (χ2v) is 7.47. The van der Waals surface area contributed by atoms with E-state index in [0.717, 1.165) is 70.5 Å². The van der Waals surface area contributed by atoms with E-state index in [2.05, 4.69) is 40.5 Å². The predicted octanol–water partition coefficient (Wildman–Crippen LogP) is 3.03. The minimum absolute atomic E-state index is 0.366. The van der Waals surface area contributed by atoms with Gasteiger partial charge < -0.3 is 19.5 Å². The minimum atomic E-state index is 0.366. The zero-order valence-corrected chi connectivity index (χ0v) is 16.7. The van der Waals surface area contributed by atoms with Crippen LogP contribution in [0.5, 0.6) is 11.5 Å². The average molecular weight is 383 g/mol. The summed E-state index contributed by atoms with van der Waals surface area (Å²) in [7, 11) is 1.70. The summed E-state index contributed by atoms with van der Waals surface area (Å²) in [5.74, 6) is 2.23. The number of fused-ring (bicyclic) bond motifs is 1. The maximum Gasteiger partial charge on any atom is 0.119 e. The molecular weight excluding hydrogens is 352 g/mol. The Kier molecular flexibility index (Phi) is 6.47. The molecule has 1 saturated heterocycles. The summed E-state index contributed by atoms with van der Waals surface area (Å²) in [6.07, 6.45) is 1.05. The summed E-state index contributed by atoms with van der Waals surface area (Å²) in [6.45, 7) is 7.48. The lowest BCUT2D eigenvalue weighted by Gasteiger charge is -2.28. The van der Waals surface area contributed by atoms with Crippen molar-refractivity contribution in [2.45, 2.75) is 18.9 Å². The molecule has 1 atom stereocenters. The van der Waals surface area contributed by atoms with Crippen LogP contribution in [-0.2, 0) is 11.3 Å². The Morgan fingerprint density at radius 1 is 1.07 bits per heavy atom. The van der Waals surface area contributed by atoms with Crippen LogP contribution in [0.2, 0.25) is 0 Å². The molecule has 0 saturated carbocycles. The maximum absolute atomic E-state index is 6.03. The quantitative estimate of drug-likeness (QED) is 0.746. The monoisotopic (exact) mass is 382 g/mol. The first-order valence-corrected chi connectivity index (χ1v) is 10.2. The summed E-state index contributed by atoms with van der Waals surface area (Å²) < 4.78 is 16.7. The van der Waals surface area contributed by atoms with Crippen molar-refractivity contribution in [1.29, 1.82) is 0 Å². The number of rotatable bonds is 7. The number of benzene rings is 2. The lowest BCUT2D eigenvalue weighted by atomic mass is 9.85. The van der Waals surface area contributed by atoms with E-state index >= 15 is 0 Å². The number of hydrogen-bond acceptors (Lipinski definition) is 5. The van der Waals surface area contributed by atoms with Crippen molar-refractivity contribution in [1.82, 2.24) is 10.2 Å². The molecule has 0 aliphatic carbocycles. The molecule has 1 fully saturated rings. The van der Waals surface area contributed by atoms with Gasteiger partial charge in [0.15, 0.2) is 0 Å². The standard InChI is InChI=1S/C23H30N2O3/c1-26-20-5-3-18(4-6-20)23-17-24-16-19-15-21(7-8-22(19)23)28-12-2-9-25-10-13-27-14-11-25/h3-8,15,23-24H,2,9-14,16-17H2,1H3. The third kappa shape index (κ3) is 4.66. The van der Waals surface area contributed by atoms with Crippen LogP contribution >= 0.6 is 0 Å². The van der Waals surface area contributed by atoms with E-state index in [9.17, 15) is 0 Å². The van der Waals surface area contributed by atoms with E-state index in [1.807, 2.05) is 12.1 Å². The molecule has 4 rings (SSSR count). The lowest BCUT2D eigenvalue weighted by molar-refractivity contribution is 0.0358. The first-order chi connectivity index (χ1) is 13.8. The Morgan fingerprint density at radius 2 is 1.86 bits per heavy atom. The van der Waals surface area contributed by atoms with Gasteiger partial charge in [-0.15, -0.1) is 0 Å². The SMILES string of the molecule is COc1ccc(C2CNCc3cc(OCCCN4CCOCC4)ccc32)cc1. The van der Waals surface area contributed by atoms with Crippen molar-refractivity contribution < 1.29 is 14.2 Å². The Labute approximate surface area is 167 Å². The van der Waals surface area contributed by atoms with Crippen LogP contribution in [0.4, 0.5) is 0 Å². The molecule has 5 heteroatoms. The highest BCUT2D eigenvalue weighted by atomic mass is 16.5. The van der Waals surface area contributed by atoms with Crippen LogP contribution in [-0.4, -0.2) is 58.0 Å². The predicted molar refractivity (Wildman–Crippen MR) is 110 cm³/mol. The van der Waals surface area contributed by atoms with Crippen molar-refractivity contribution in [3.63, 3.8) is 0 Å². The molecule has 1 unspecified atom stereocenters. The van der Waals surface area contributed by atoms with Crippen LogP contribution in [0.3, 0.4) is 0 Å². The third-order valence-electron chi connectivity index (χ3n) is 5.66. The number of ether oxygens (including phenoxy) is 3. The van der Waals surface area contributed by atoms with Gasteiger partial charge in [-0.3, -0.25) is 4.90 Å². The Balaban J connectivity index is 1.35. The summed E-state index contributed by atoms with van der Waals surface area (Å²) in [4.78, 5) is 2.45. The average Bonchev–Trinajstić information content (AvgIpc) is 2.77. The van der Waals surface area contributed by atoms with Crippen LogP contribution in [0.15, 0.2) is 42.5 Å². The van der Waals surface area contributed by atoms with Gasteiger partial charge in [0.25, 0.3) is 0 Å². The molecule has 2 aliphatic heterocycles. The Bertz CT molecular complexity index is 757. The fraction of sp³-hybridized carbons (Fsp3) is 0.478. The molecular formula is C23H30N2O3. The molecule has 0 amide bonds. The molecule has 2 aromatic carbocycles. The van der Waals surface area contributed by atoms with Gasteiger partial charge in [-0.05, 0) is 47.4 Å². The number of methoxy groups -OCH3 is 1. The Morgan fingerprint density at radius 3 is 2.64 bits per heavy atom. The Hall–Kier alpha value is -2.08. The summed E-state index contributed by atoms with van der Waals surface area (Å²) in [6, 6.07) is 15.0. The fourth-order valence-electron chi connectivity index (χ4n) is 4.06. The third-order valence-corrected chi connectivity index (χ3v) is 5.66. The van der Waals surface area contributed by atoms with Crippen molar-refractivity contribution in [3.05, 3.63) is 59.2 Å². The number of nitrogens with zero attached hydrogens (tertiary/aromatic N) is 1. The van der Waals surface area contributed by atoms with E-state index in [1.165, 1.54) is 16.7 Å². The fourth-order valence-corrected chi connectivity index (χ4v) is 4.06. The normalized spacial score (nSPS) is 19.8. The topological polar surface area (TPSA) is 43.0 Å². The highest BCUT2D eigenvalue weighted by molar-refractivity contribution is 5.45. The molecule has 2 aromatic rings. The van der Waals surface area contributed by atoms with E-state index in [0.29, 0.717) is 5.92 Å². The molecule has 0 spiro atoms. The van der Waals surface area contributed by atoms with E-state index in [1.54, 1.807) is 7.11 Å². The van der Waals surface area contributed by atoms with Crippen molar-refractivity contribution in [3.8, 4) is 11.5 Å². The smallest absolute Gasteiger partial charge is 0.119 e. The van der Waals surface area contributed by atoms with Crippen LogP contribution in [0.25, 0.3) is 0 Å². The molecule has 0 aromatic heterocycles. The summed E-state index contributed by atoms with van der Waals surface area (Å²) in [5, 5.41) is 3.55. The van der Waals surface area contributed by atoms with E-state index in [-0.39, 0.29) is 0 Å². The zero-order chi connectivity index (χ0) is 19.2. The van der Waals surface area contributed by atoms with Crippen molar-refractivity contribution in [2.24, 2.45) is 0 Å². The van der Waals surface area contributed by atoms with Gasteiger partial charge in [0, 0.05) is 38.6 Å². The van der Waals surface area contributed by atoms with Gasteiger partial charge >= 0.3 is 0 Å². The summed E-state index contributed by atoms with van der Waals surface area (Å²) in [5.41, 5.74) is 4.04.